The van der Waals surface area contributed by atoms with Gasteiger partial charge in [-0.15, -0.1) is 0 Å². The van der Waals surface area contributed by atoms with Gasteiger partial charge in [0.15, 0.2) is 0 Å². The number of nitriles is 1. The predicted octanol–water partition coefficient (Wildman–Crippen LogP) is 5.53. The van der Waals surface area contributed by atoms with Crippen LogP contribution in [0, 0.1) is 11.3 Å². The van der Waals surface area contributed by atoms with Gasteiger partial charge in [0.05, 0.1) is 10.6 Å². The summed E-state index contributed by atoms with van der Waals surface area (Å²) in [5.74, 6) is 0.977. The van der Waals surface area contributed by atoms with Crippen molar-refractivity contribution in [2.24, 2.45) is 0 Å². The standard InChI is InChI=1S/C13H6Br2ClNO/c14-9-3-4-12(11(16)5-9)18-13-6-10(15)2-1-8(13)7-17/h1-6H. The Balaban J connectivity index is 2.40. The van der Waals surface area contributed by atoms with Crippen LogP contribution in [0.3, 0.4) is 0 Å². The first kappa shape index (κ1) is 13.4. The Bertz CT molecular complexity index is 637. The molecule has 2 aromatic rings. The van der Waals surface area contributed by atoms with Gasteiger partial charge in [-0.25, -0.2) is 0 Å². The average Bonchev–Trinajstić information content (AvgIpc) is 2.33. The van der Waals surface area contributed by atoms with Crippen LogP contribution in [0.1, 0.15) is 5.56 Å². The lowest BCUT2D eigenvalue weighted by atomic mass is 10.2. The van der Waals surface area contributed by atoms with Crippen molar-refractivity contribution in [1.29, 1.82) is 5.26 Å². The topological polar surface area (TPSA) is 33.0 Å². The molecule has 0 amide bonds. The Hall–Kier alpha value is -1.02. The second kappa shape index (κ2) is 5.75. The number of halogens is 3. The van der Waals surface area contributed by atoms with Crippen molar-refractivity contribution < 1.29 is 4.74 Å². The highest BCUT2D eigenvalue weighted by Crippen LogP contribution is 2.34. The summed E-state index contributed by atoms with van der Waals surface area (Å²) >= 11 is 12.7. The molecule has 2 rings (SSSR count). The lowest BCUT2D eigenvalue weighted by molar-refractivity contribution is 0.481. The van der Waals surface area contributed by atoms with E-state index in [1.54, 1.807) is 30.3 Å². The van der Waals surface area contributed by atoms with Crippen LogP contribution in [0.15, 0.2) is 45.3 Å². The summed E-state index contributed by atoms with van der Waals surface area (Å²) in [7, 11) is 0. The zero-order valence-corrected chi connectivity index (χ0v) is 12.9. The third kappa shape index (κ3) is 3.05. The van der Waals surface area contributed by atoms with Gasteiger partial charge in [0, 0.05) is 8.95 Å². The Kier molecular flexibility index (Phi) is 4.28. The minimum atomic E-state index is 0.456. The number of rotatable bonds is 2. The summed E-state index contributed by atoms with van der Waals surface area (Å²) in [6.45, 7) is 0. The lowest BCUT2D eigenvalue weighted by Crippen LogP contribution is -1.89. The molecule has 0 heterocycles. The first-order valence-electron chi connectivity index (χ1n) is 4.92. The van der Waals surface area contributed by atoms with E-state index in [1.165, 1.54) is 0 Å². The lowest BCUT2D eigenvalue weighted by Gasteiger charge is -2.09. The highest BCUT2D eigenvalue weighted by molar-refractivity contribution is 9.10. The monoisotopic (exact) mass is 385 g/mol. The molecule has 18 heavy (non-hydrogen) atoms. The maximum absolute atomic E-state index is 9.01. The van der Waals surface area contributed by atoms with Crippen LogP contribution < -0.4 is 4.74 Å². The van der Waals surface area contributed by atoms with E-state index in [2.05, 4.69) is 37.9 Å². The van der Waals surface area contributed by atoms with Crippen LogP contribution in [0.2, 0.25) is 5.02 Å². The van der Waals surface area contributed by atoms with Crippen molar-refractivity contribution in [1.82, 2.24) is 0 Å². The highest BCUT2D eigenvalue weighted by Gasteiger charge is 2.08. The van der Waals surface area contributed by atoms with E-state index < -0.39 is 0 Å². The van der Waals surface area contributed by atoms with E-state index in [4.69, 9.17) is 21.6 Å². The molecule has 0 fully saturated rings. The van der Waals surface area contributed by atoms with E-state index in [0.29, 0.717) is 22.1 Å². The van der Waals surface area contributed by atoms with E-state index >= 15 is 0 Å². The highest BCUT2D eigenvalue weighted by atomic mass is 79.9. The summed E-state index contributed by atoms with van der Waals surface area (Å²) < 4.78 is 7.37. The molecule has 0 aromatic heterocycles. The second-order valence-electron chi connectivity index (χ2n) is 3.43. The van der Waals surface area contributed by atoms with E-state index in [1.807, 2.05) is 6.07 Å². The molecular formula is C13H6Br2ClNO. The summed E-state index contributed by atoms with van der Waals surface area (Å²) in [5, 5.41) is 9.49. The smallest absolute Gasteiger partial charge is 0.146 e. The van der Waals surface area contributed by atoms with Crippen molar-refractivity contribution in [2.45, 2.75) is 0 Å². The van der Waals surface area contributed by atoms with Crippen LogP contribution >= 0.6 is 43.5 Å². The van der Waals surface area contributed by atoms with Gasteiger partial charge in [0.25, 0.3) is 0 Å². The molecule has 2 aromatic carbocycles. The van der Waals surface area contributed by atoms with Crippen LogP contribution in [-0.2, 0) is 0 Å². The number of hydrogen-bond acceptors (Lipinski definition) is 2. The second-order valence-corrected chi connectivity index (χ2v) is 5.67. The predicted molar refractivity (Wildman–Crippen MR) is 78.1 cm³/mol. The van der Waals surface area contributed by atoms with Gasteiger partial charge < -0.3 is 4.74 Å². The van der Waals surface area contributed by atoms with Crippen molar-refractivity contribution in [3.63, 3.8) is 0 Å². The molecule has 0 aliphatic heterocycles. The van der Waals surface area contributed by atoms with Gasteiger partial charge >= 0.3 is 0 Å². The fourth-order valence-corrected chi connectivity index (χ4v) is 2.40. The Morgan fingerprint density at radius 3 is 2.33 bits per heavy atom. The molecule has 2 nitrogen and oxygen atoms in total. The first-order chi connectivity index (χ1) is 8.60. The normalized spacial score (nSPS) is 9.89. The summed E-state index contributed by atoms with van der Waals surface area (Å²) in [6, 6.07) is 12.6. The van der Waals surface area contributed by atoms with Crippen molar-refractivity contribution in [3.8, 4) is 17.6 Å². The maximum atomic E-state index is 9.01. The van der Waals surface area contributed by atoms with Crippen LogP contribution in [0.25, 0.3) is 0 Å². The third-order valence-electron chi connectivity index (χ3n) is 2.18. The minimum absolute atomic E-state index is 0.456. The van der Waals surface area contributed by atoms with Gasteiger partial charge in [0.2, 0.25) is 0 Å². The fraction of sp³-hybridized carbons (Fsp3) is 0. The zero-order valence-electron chi connectivity index (χ0n) is 8.95. The molecular weight excluding hydrogens is 381 g/mol. The van der Waals surface area contributed by atoms with Gasteiger partial charge in [-0.05, 0) is 36.4 Å². The largest absolute Gasteiger partial charge is 0.454 e. The van der Waals surface area contributed by atoms with Crippen molar-refractivity contribution in [2.75, 3.05) is 0 Å². The Morgan fingerprint density at radius 1 is 1.00 bits per heavy atom. The maximum Gasteiger partial charge on any atom is 0.146 e. The molecule has 0 atom stereocenters. The molecule has 0 bridgehead atoms. The summed E-state index contributed by atoms with van der Waals surface area (Å²) in [4.78, 5) is 0. The number of hydrogen-bond donors (Lipinski definition) is 0. The molecule has 5 heteroatoms. The van der Waals surface area contributed by atoms with Gasteiger partial charge in [-0.3, -0.25) is 0 Å². The Labute approximate surface area is 126 Å². The van der Waals surface area contributed by atoms with E-state index in [-0.39, 0.29) is 0 Å². The van der Waals surface area contributed by atoms with E-state index in [0.717, 1.165) is 8.95 Å². The summed E-state index contributed by atoms with van der Waals surface area (Å²) in [6.07, 6.45) is 0. The van der Waals surface area contributed by atoms with E-state index in [9.17, 15) is 0 Å². The van der Waals surface area contributed by atoms with Gasteiger partial charge in [-0.2, -0.15) is 5.26 Å². The number of nitrogens with zero attached hydrogens (tertiary/aromatic N) is 1. The molecule has 90 valence electrons. The van der Waals surface area contributed by atoms with Crippen LogP contribution in [-0.4, -0.2) is 0 Å². The SMILES string of the molecule is N#Cc1ccc(Br)cc1Oc1ccc(Br)cc1Cl. The molecule has 0 unspecified atom stereocenters. The van der Waals surface area contributed by atoms with Crippen molar-refractivity contribution in [3.05, 3.63) is 55.9 Å². The quantitative estimate of drug-likeness (QED) is 0.679. The summed E-state index contributed by atoms with van der Waals surface area (Å²) in [5.41, 5.74) is 0.456. The minimum Gasteiger partial charge on any atom is -0.454 e. The van der Waals surface area contributed by atoms with Crippen molar-refractivity contribution >= 4 is 43.5 Å². The fourth-order valence-electron chi connectivity index (χ4n) is 1.35. The number of benzene rings is 2. The first-order valence-corrected chi connectivity index (χ1v) is 6.89. The molecule has 0 aliphatic carbocycles. The molecule has 0 spiro atoms. The molecule has 0 N–H and O–H groups in total. The van der Waals surface area contributed by atoms with Gasteiger partial charge in [0.1, 0.15) is 17.6 Å². The van der Waals surface area contributed by atoms with Gasteiger partial charge in [-0.1, -0.05) is 43.5 Å². The molecule has 0 radical (unpaired) electrons. The molecule has 0 saturated heterocycles. The van der Waals surface area contributed by atoms with Crippen LogP contribution in [0.4, 0.5) is 0 Å². The third-order valence-corrected chi connectivity index (χ3v) is 3.46. The Morgan fingerprint density at radius 2 is 1.67 bits per heavy atom. The average molecular weight is 387 g/mol. The number of ether oxygens (including phenoxy) is 1. The van der Waals surface area contributed by atoms with Crippen LogP contribution in [0.5, 0.6) is 11.5 Å². The molecule has 0 aliphatic rings. The zero-order chi connectivity index (χ0) is 13.1. The molecule has 0 saturated carbocycles.